The molecule has 1 aromatic heterocycles. The number of benzene rings is 1. The van der Waals surface area contributed by atoms with Crippen molar-refractivity contribution in [3.05, 3.63) is 40.3 Å². The first kappa shape index (κ1) is 9.73. The smallest absolute Gasteiger partial charge is 0.326 e. The van der Waals surface area contributed by atoms with Gasteiger partial charge in [0, 0.05) is 13.6 Å². The molecule has 3 N–H and O–H groups in total. The maximum absolute atomic E-state index is 11.3. The Hall–Kier alpha value is -1.81. The Bertz CT molecular complexity index is 563. The number of rotatable bonds is 2. The summed E-state index contributed by atoms with van der Waals surface area (Å²) in [5.74, 6) is 0. The van der Waals surface area contributed by atoms with Gasteiger partial charge in [0.15, 0.2) is 0 Å². The highest BCUT2D eigenvalue weighted by molar-refractivity contribution is 5.78. The van der Waals surface area contributed by atoms with Crippen LogP contribution in [0.3, 0.4) is 0 Å². The number of nitrogens with one attached hydrogen (secondary N) is 1. The Morgan fingerprint density at radius 2 is 2.33 bits per heavy atom. The zero-order valence-electron chi connectivity index (χ0n) is 8.53. The minimum atomic E-state index is -0.0926. The zero-order chi connectivity index (χ0) is 10.8. The second-order valence-electron chi connectivity index (χ2n) is 3.40. The summed E-state index contributed by atoms with van der Waals surface area (Å²) in [6.07, 6.45) is 3.81. The molecule has 1 aromatic carbocycles. The fourth-order valence-electron chi connectivity index (χ4n) is 1.56. The van der Waals surface area contributed by atoms with Crippen LogP contribution < -0.4 is 11.4 Å². The first-order valence-electron chi connectivity index (χ1n) is 4.78. The van der Waals surface area contributed by atoms with Crippen LogP contribution in [-0.2, 0) is 7.05 Å². The van der Waals surface area contributed by atoms with E-state index in [0.717, 1.165) is 16.6 Å². The Balaban J connectivity index is 2.57. The highest BCUT2D eigenvalue weighted by Crippen LogP contribution is 2.12. The monoisotopic (exact) mass is 203 g/mol. The SMILES string of the molecule is Cn1c(=O)[nH]c2cc(/C=C/CN)ccc21. The highest BCUT2D eigenvalue weighted by Gasteiger charge is 2.01. The van der Waals surface area contributed by atoms with Crippen molar-refractivity contribution in [3.8, 4) is 0 Å². The fourth-order valence-corrected chi connectivity index (χ4v) is 1.56. The second kappa shape index (κ2) is 3.74. The van der Waals surface area contributed by atoms with Crippen molar-refractivity contribution >= 4 is 17.1 Å². The fraction of sp³-hybridized carbons (Fsp3) is 0.182. The molecule has 0 fully saturated rings. The van der Waals surface area contributed by atoms with E-state index in [4.69, 9.17) is 5.73 Å². The van der Waals surface area contributed by atoms with Crippen molar-refractivity contribution < 1.29 is 0 Å². The lowest BCUT2D eigenvalue weighted by molar-refractivity contribution is 0.891. The minimum Gasteiger partial charge on any atom is -0.327 e. The van der Waals surface area contributed by atoms with Crippen molar-refractivity contribution in [1.82, 2.24) is 9.55 Å². The average Bonchev–Trinajstić information content (AvgIpc) is 2.52. The highest BCUT2D eigenvalue weighted by atomic mass is 16.1. The predicted molar refractivity (Wildman–Crippen MR) is 61.6 cm³/mol. The number of nitrogens with two attached hydrogens (primary N) is 1. The summed E-state index contributed by atoms with van der Waals surface area (Å²) in [6.45, 7) is 0.517. The van der Waals surface area contributed by atoms with Crippen LogP contribution in [0.15, 0.2) is 29.1 Å². The normalized spacial score (nSPS) is 11.6. The molecule has 0 aliphatic heterocycles. The molecule has 0 unspecified atom stereocenters. The van der Waals surface area contributed by atoms with Crippen molar-refractivity contribution in [2.24, 2.45) is 12.8 Å². The minimum absolute atomic E-state index is 0.0926. The standard InChI is InChI=1S/C11H13N3O/c1-14-10-5-4-8(3-2-6-12)7-9(10)13-11(14)15/h2-5,7H,6,12H2,1H3,(H,13,15)/b3-2+. The van der Waals surface area contributed by atoms with E-state index in [0.29, 0.717) is 6.54 Å². The van der Waals surface area contributed by atoms with Crippen LogP contribution in [0, 0.1) is 0 Å². The van der Waals surface area contributed by atoms with Crippen LogP contribution in [0.4, 0.5) is 0 Å². The molecule has 2 aromatic rings. The molecule has 0 radical (unpaired) electrons. The Morgan fingerprint density at radius 1 is 1.53 bits per heavy atom. The molecule has 0 aliphatic rings. The molecule has 0 bridgehead atoms. The molecule has 0 saturated carbocycles. The number of hydrogen-bond acceptors (Lipinski definition) is 2. The van der Waals surface area contributed by atoms with Crippen LogP contribution in [0.25, 0.3) is 17.1 Å². The van der Waals surface area contributed by atoms with Gasteiger partial charge in [-0.15, -0.1) is 0 Å². The number of nitrogens with zero attached hydrogens (tertiary/aromatic N) is 1. The molecule has 15 heavy (non-hydrogen) atoms. The maximum Gasteiger partial charge on any atom is 0.326 e. The van der Waals surface area contributed by atoms with Gasteiger partial charge in [0.1, 0.15) is 0 Å². The van der Waals surface area contributed by atoms with Crippen LogP contribution in [0.1, 0.15) is 5.56 Å². The van der Waals surface area contributed by atoms with Gasteiger partial charge in [-0.2, -0.15) is 0 Å². The Kier molecular flexibility index (Phi) is 2.43. The van der Waals surface area contributed by atoms with Gasteiger partial charge in [-0.05, 0) is 17.7 Å². The number of imidazole rings is 1. The van der Waals surface area contributed by atoms with Gasteiger partial charge in [-0.3, -0.25) is 4.57 Å². The topological polar surface area (TPSA) is 63.8 Å². The molecule has 0 aliphatic carbocycles. The Morgan fingerprint density at radius 3 is 3.07 bits per heavy atom. The number of H-pyrrole nitrogens is 1. The number of aromatic amines is 1. The first-order valence-corrected chi connectivity index (χ1v) is 4.78. The van der Waals surface area contributed by atoms with E-state index >= 15 is 0 Å². The Labute approximate surface area is 87.0 Å². The average molecular weight is 203 g/mol. The van der Waals surface area contributed by atoms with Gasteiger partial charge in [-0.25, -0.2) is 4.79 Å². The summed E-state index contributed by atoms with van der Waals surface area (Å²) in [6, 6.07) is 5.81. The summed E-state index contributed by atoms with van der Waals surface area (Å²) < 4.78 is 1.59. The quantitative estimate of drug-likeness (QED) is 0.759. The summed E-state index contributed by atoms with van der Waals surface area (Å²) in [7, 11) is 1.75. The van der Waals surface area contributed by atoms with Crippen LogP contribution in [-0.4, -0.2) is 16.1 Å². The molecular weight excluding hydrogens is 190 g/mol. The van der Waals surface area contributed by atoms with E-state index in [2.05, 4.69) is 4.98 Å². The summed E-state index contributed by atoms with van der Waals surface area (Å²) in [5, 5.41) is 0. The largest absolute Gasteiger partial charge is 0.327 e. The van der Waals surface area contributed by atoms with Gasteiger partial charge in [0.2, 0.25) is 0 Å². The third kappa shape index (κ3) is 1.71. The molecular formula is C11H13N3O. The van der Waals surface area contributed by atoms with Gasteiger partial charge in [0.05, 0.1) is 11.0 Å². The molecule has 2 rings (SSSR count). The summed E-state index contributed by atoms with van der Waals surface area (Å²) >= 11 is 0. The number of aromatic nitrogens is 2. The molecule has 0 atom stereocenters. The van der Waals surface area contributed by atoms with Crippen LogP contribution in [0.2, 0.25) is 0 Å². The van der Waals surface area contributed by atoms with E-state index in [1.165, 1.54) is 0 Å². The summed E-state index contributed by atoms with van der Waals surface area (Å²) in [5.41, 5.74) is 8.07. The number of aryl methyl sites for hydroxylation is 1. The van der Waals surface area contributed by atoms with Gasteiger partial charge in [0.25, 0.3) is 0 Å². The van der Waals surface area contributed by atoms with Crippen molar-refractivity contribution in [2.75, 3.05) is 6.54 Å². The first-order chi connectivity index (χ1) is 7.22. The van der Waals surface area contributed by atoms with E-state index in [9.17, 15) is 4.79 Å². The molecule has 4 heteroatoms. The lowest BCUT2D eigenvalue weighted by atomic mass is 10.2. The number of fused-ring (bicyclic) bond motifs is 1. The lowest BCUT2D eigenvalue weighted by Gasteiger charge is -1.95. The molecule has 78 valence electrons. The molecule has 1 heterocycles. The van der Waals surface area contributed by atoms with E-state index < -0.39 is 0 Å². The zero-order valence-corrected chi connectivity index (χ0v) is 8.53. The van der Waals surface area contributed by atoms with Crippen molar-refractivity contribution in [2.45, 2.75) is 0 Å². The maximum atomic E-state index is 11.3. The summed E-state index contributed by atoms with van der Waals surface area (Å²) in [4.78, 5) is 14.1. The van der Waals surface area contributed by atoms with Crippen molar-refractivity contribution in [1.29, 1.82) is 0 Å². The van der Waals surface area contributed by atoms with Crippen LogP contribution in [0.5, 0.6) is 0 Å². The third-order valence-corrected chi connectivity index (χ3v) is 2.37. The van der Waals surface area contributed by atoms with Crippen molar-refractivity contribution in [3.63, 3.8) is 0 Å². The van der Waals surface area contributed by atoms with E-state index in [1.54, 1.807) is 11.6 Å². The molecule has 0 saturated heterocycles. The van der Waals surface area contributed by atoms with Gasteiger partial charge in [-0.1, -0.05) is 18.2 Å². The molecule has 4 nitrogen and oxygen atoms in total. The third-order valence-electron chi connectivity index (χ3n) is 2.37. The number of hydrogen-bond donors (Lipinski definition) is 2. The van der Waals surface area contributed by atoms with Gasteiger partial charge >= 0.3 is 5.69 Å². The second-order valence-corrected chi connectivity index (χ2v) is 3.40. The molecule has 0 spiro atoms. The molecule has 0 amide bonds. The predicted octanol–water partition coefficient (Wildman–Crippen LogP) is 0.838. The van der Waals surface area contributed by atoms with Gasteiger partial charge < -0.3 is 10.7 Å². The van der Waals surface area contributed by atoms with Crippen LogP contribution >= 0.6 is 0 Å². The van der Waals surface area contributed by atoms with E-state index in [-0.39, 0.29) is 5.69 Å². The lowest BCUT2D eigenvalue weighted by Crippen LogP contribution is -2.11. The van der Waals surface area contributed by atoms with E-state index in [1.807, 2.05) is 30.4 Å².